The monoisotopic (exact) mass is 214 g/mol. The summed E-state index contributed by atoms with van der Waals surface area (Å²) in [6.45, 7) is 1.18. The van der Waals surface area contributed by atoms with Crippen molar-refractivity contribution in [1.82, 2.24) is 0 Å². The fourth-order valence-corrected chi connectivity index (χ4v) is 1.41. The minimum atomic E-state index is -0.415. The molecule has 2 nitrogen and oxygen atoms in total. The van der Waals surface area contributed by atoms with Crippen LogP contribution in [-0.4, -0.2) is 26.3 Å². The number of anilines is 1. The number of nitrogens with two attached hydrogens (primary N) is 1. The summed E-state index contributed by atoms with van der Waals surface area (Å²) in [5.74, 6) is -0.280. The van der Waals surface area contributed by atoms with Crippen molar-refractivity contribution in [1.29, 1.82) is 0 Å². The highest BCUT2D eigenvalue weighted by Gasteiger charge is 2.05. The molecule has 1 aromatic carbocycles. The lowest BCUT2D eigenvalue weighted by molar-refractivity contribution is 0.488. The molecule has 0 heterocycles. The first-order chi connectivity index (χ1) is 7.27. The number of alkyl halides is 1. The van der Waals surface area contributed by atoms with Crippen LogP contribution in [0.3, 0.4) is 0 Å². The first-order valence-electron chi connectivity index (χ1n) is 5.04. The molecule has 0 aliphatic rings. The van der Waals surface area contributed by atoms with Crippen molar-refractivity contribution in [3.05, 3.63) is 30.1 Å². The van der Waals surface area contributed by atoms with E-state index >= 15 is 0 Å². The van der Waals surface area contributed by atoms with Gasteiger partial charge >= 0.3 is 0 Å². The molecule has 0 bridgehead atoms. The molecule has 2 N–H and O–H groups in total. The van der Waals surface area contributed by atoms with Crippen molar-refractivity contribution >= 4 is 5.69 Å². The number of hydrogen-bond acceptors (Lipinski definition) is 2. The van der Waals surface area contributed by atoms with Crippen LogP contribution in [0.25, 0.3) is 0 Å². The Kier molecular flexibility index (Phi) is 5.04. The quantitative estimate of drug-likeness (QED) is 0.784. The van der Waals surface area contributed by atoms with E-state index < -0.39 is 6.67 Å². The minimum absolute atomic E-state index is 0.280. The summed E-state index contributed by atoms with van der Waals surface area (Å²) < 4.78 is 25.0. The normalized spacial score (nSPS) is 10.3. The van der Waals surface area contributed by atoms with Crippen LogP contribution >= 0.6 is 0 Å². The third-order valence-electron chi connectivity index (χ3n) is 2.18. The molecule has 0 saturated carbocycles. The summed E-state index contributed by atoms with van der Waals surface area (Å²) in [4.78, 5) is 1.87. The van der Waals surface area contributed by atoms with Gasteiger partial charge in [0.15, 0.2) is 0 Å². The fraction of sp³-hybridized carbons (Fsp3) is 0.455. The summed E-state index contributed by atoms with van der Waals surface area (Å²) >= 11 is 0. The topological polar surface area (TPSA) is 29.3 Å². The Bertz CT molecular complexity index is 274. The zero-order chi connectivity index (χ0) is 11.1. The van der Waals surface area contributed by atoms with Crippen LogP contribution < -0.4 is 10.6 Å². The van der Waals surface area contributed by atoms with Crippen LogP contribution in [0.5, 0.6) is 0 Å². The van der Waals surface area contributed by atoms with Crippen LogP contribution in [0.2, 0.25) is 0 Å². The first-order valence-corrected chi connectivity index (χ1v) is 5.04. The Hall–Kier alpha value is -1.16. The Labute approximate surface area is 88.7 Å². The molecule has 0 atom stereocenters. The highest BCUT2D eigenvalue weighted by Crippen LogP contribution is 2.14. The number of hydrogen-bond donors (Lipinski definition) is 1. The average molecular weight is 214 g/mol. The Morgan fingerprint density at radius 3 is 2.33 bits per heavy atom. The zero-order valence-corrected chi connectivity index (χ0v) is 8.63. The van der Waals surface area contributed by atoms with Crippen molar-refractivity contribution in [2.45, 2.75) is 6.42 Å². The molecule has 15 heavy (non-hydrogen) atoms. The fourth-order valence-electron chi connectivity index (χ4n) is 1.41. The van der Waals surface area contributed by atoms with Gasteiger partial charge in [-0.05, 0) is 37.2 Å². The molecule has 0 spiro atoms. The molecule has 0 aliphatic heterocycles. The molecule has 0 unspecified atom stereocenters. The standard InChI is InChI=1S/C11H16F2N2/c12-6-9-15(8-1-7-14)11-4-2-10(13)3-5-11/h2-5H,1,6-9,14H2. The highest BCUT2D eigenvalue weighted by atomic mass is 19.1. The lowest BCUT2D eigenvalue weighted by atomic mass is 10.2. The maximum absolute atomic E-state index is 12.7. The van der Waals surface area contributed by atoms with E-state index in [0.29, 0.717) is 19.6 Å². The van der Waals surface area contributed by atoms with Crippen LogP contribution in [0.4, 0.5) is 14.5 Å². The van der Waals surface area contributed by atoms with Gasteiger partial charge in [-0.3, -0.25) is 0 Å². The lowest BCUT2D eigenvalue weighted by Crippen LogP contribution is -2.28. The van der Waals surface area contributed by atoms with Gasteiger partial charge in [-0.15, -0.1) is 0 Å². The van der Waals surface area contributed by atoms with E-state index in [1.807, 2.05) is 4.90 Å². The predicted molar refractivity (Wildman–Crippen MR) is 58.3 cm³/mol. The molecule has 84 valence electrons. The second kappa shape index (κ2) is 6.35. The third-order valence-corrected chi connectivity index (χ3v) is 2.18. The van der Waals surface area contributed by atoms with Crippen molar-refractivity contribution in [3.8, 4) is 0 Å². The average Bonchev–Trinajstić information content (AvgIpc) is 2.25. The smallest absolute Gasteiger partial charge is 0.123 e. The van der Waals surface area contributed by atoms with Crippen molar-refractivity contribution in [3.63, 3.8) is 0 Å². The number of halogens is 2. The Morgan fingerprint density at radius 2 is 1.80 bits per heavy atom. The van der Waals surface area contributed by atoms with Gasteiger partial charge < -0.3 is 10.6 Å². The second-order valence-electron chi connectivity index (χ2n) is 3.29. The van der Waals surface area contributed by atoms with Crippen molar-refractivity contribution < 1.29 is 8.78 Å². The highest BCUT2D eigenvalue weighted by molar-refractivity contribution is 5.46. The van der Waals surface area contributed by atoms with Crippen LogP contribution in [0.15, 0.2) is 24.3 Å². The summed E-state index contributed by atoms with van der Waals surface area (Å²) in [6.07, 6.45) is 0.803. The molecular weight excluding hydrogens is 198 g/mol. The third kappa shape index (κ3) is 3.83. The van der Waals surface area contributed by atoms with Crippen LogP contribution in [0.1, 0.15) is 6.42 Å². The molecule has 0 radical (unpaired) electrons. The van der Waals surface area contributed by atoms with E-state index in [1.165, 1.54) is 12.1 Å². The van der Waals surface area contributed by atoms with Gasteiger partial charge in [-0.1, -0.05) is 0 Å². The predicted octanol–water partition coefficient (Wildman–Crippen LogP) is 1.95. The van der Waals surface area contributed by atoms with E-state index in [9.17, 15) is 8.78 Å². The molecule has 1 rings (SSSR count). The van der Waals surface area contributed by atoms with Gasteiger partial charge in [0.2, 0.25) is 0 Å². The molecule has 0 aromatic heterocycles. The lowest BCUT2D eigenvalue weighted by Gasteiger charge is -2.23. The van der Waals surface area contributed by atoms with E-state index in [2.05, 4.69) is 0 Å². The maximum atomic E-state index is 12.7. The van der Waals surface area contributed by atoms with Gasteiger partial charge in [0.1, 0.15) is 12.5 Å². The van der Waals surface area contributed by atoms with Crippen LogP contribution in [0, 0.1) is 5.82 Å². The van der Waals surface area contributed by atoms with E-state index in [-0.39, 0.29) is 5.82 Å². The summed E-state index contributed by atoms with van der Waals surface area (Å²) in [5.41, 5.74) is 6.23. The molecule has 0 fully saturated rings. The van der Waals surface area contributed by atoms with Gasteiger partial charge in [-0.2, -0.15) is 0 Å². The molecule has 0 aliphatic carbocycles. The van der Waals surface area contributed by atoms with Gasteiger partial charge in [0, 0.05) is 18.8 Å². The van der Waals surface area contributed by atoms with E-state index in [1.54, 1.807) is 12.1 Å². The van der Waals surface area contributed by atoms with Gasteiger partial charge in [0.05, 0.1) is 0 Å². The van der Waals surface area contributed by atoms with Crippen LogP contribution in [-0.2, 0) is 0 Å². The zero-order valence-electron chi connectivity index (χ0n) is 8.63. The van der Waals surface area contributed by atoms with E-state index in [4.69, 9.17) is 5.73 Å². The van der Waals surface area contributed by atoms with Crippen molar-refractivity contribution in [2.75, 3.05) is 31.2 Å². The molecule has 4 heteroatoms. The Morgan fingerprint density at radius 1 is 1.13 bits per heavy atom. The van der Waals surface area contributed by atoms with E-state index in [0.717, 1.165) is 12.1 Å². The molecule has 1 aromatic rings. The minimum Gasteiger partial charge on any atom is -0.369 e. The number of rotatable bonds is 6. The van der Waals surface area contributed by atoms with Gasteiger partial charge in [0.25, 0.3) is 0 Å². The summed E-state index contributed by atoms with van der Waals surface area (Å²) in [7, 11) is 0. The van der Waals surface area contributed by atoms with Crippen molar-refractivity contribution in [2.24, 2.45) is 5.73 Å². The largest absolute Gasteiger partial charge is 0.369 e. The molecule has 0 amide bonds. The SMILES string of the molecule is NCCCN(CCF)c1ccc(F)cc1. The Balaban J connectivity index is 2.65. The molecule has 0 saturated heterocycles. The number of nitrogens with zero attached hydrogens (tertiary/aromatic N) is 1. The maximum Gasteiger partial charge on any atom is 0.123 e. The second-order valence-corrected chi connectivity index (χ2v) is 3.29. The summed E-state index contributed by atoms with van der Waals surface area (Å²) in [5, 5.41) is 0. The first kappa shape index (κ1) is 11.9. The number of benzene rings is 1. The molecular formula is C11H16F2N2. The summed E-state index contributed by atoms with van der Waals surface area (Å²) in [6, 6.07) is 6.06. The van der Waals surface area contributed by atoms with Gasteiger partial charge in [-0.25, -0.2) is 8.78 Å².